The van der Waals surface area contributed by atoms with Crippen molar-refractivity contribution in [3.05, 3.63) is 0 Å². The standard InChI is InChI=1S/C11H20N2O4/c1-13-6-8(5-10(13)15)11(16)12-9(3-4-14)7-17-2/h8-9,14H,3-7H2,1-2H3,(H,12,16). The van der Waals surface area contributed by atoms with E-state index in [0.29, 0.717) is 19.6 Å². The molecule has 1 fully saturated rings. The zero-order valence-corrected chi connectivity index (χ0v) is 10.3. The molecule has 1 rings (SSSR count). The molecular formula is C11H20N2O4. The number of carbonyl (C=O) groups is 2. The first-order valence-corrected chi connectivity index (χ1v) is 5.72. The monoisotopic (exact) mass is 244 g/mol. The van der Waals surface area contributed by atoms with Gasteiger partial charge in [-0.25, -0.2) is 0 Å². The van der Waals surface area contributed by atoms with Crippen molar-refractivity contribution in [2.75, 3.05) is 33.9 Å². The van der Waals surface area contributed by atoms with Crippen LogP contribution in [0.25, 0.3) is 0 Å². The van der Waals surface area contributed by atoms with Crippen molar-refractivity contribution in [1.82, 2.24) is 10.2 Å². The Hall–Kier alpha value is -1.14. The van der Waals surface area contributed by atoms with Gasteiger partial charge >= 0.3 is 0 Å². The lowest BCUT2D eigenvalue weighted by atomic mass is 10.1. The summed E-state index contributed by atoms with van der Waals surface area (Å²) in [4.78, 5) is 24.7. The minimum Gasteiger partial charge on any atom is -0.396 e. The molecular weight excluding hydrogens is 224 g/mol. The van der Waals surface area contributed by atoms with E-state index in [1.54, 1.807) is 19.1 Å². The minimum absolute atomic E-state index is 0.00218. The van der Waals surface area contributed by atoms with Crippen LogP contribution in [0, 0.1) is 5.92 Å². The predicted molar refractivity (Wildman–Crippen MR) is 61.3 cm³/mol. The van der Waals surface area contributed by atoms with Crippen molar-refractivity contribution in [2.24, 2.45) is 5.92 Å². The highest BCUT2D eigenvalue weighted by Gasteiger charge is 2.32. The summed E-state index contributed by atoms with van der Waals surface area (Å²) in [6.07, 6.45) is 0.719. The Labute approximate surface area is 101 Å². The van der Waals surface area contributed by atoms with E-state index < -0.39 is 0 Å². The maximum atomic E-state index is 11.9. The highest BCUT2D eigenvalue weighted by atomic mass is 16.5. The number of hydrogen-bond donors (Lipinski definition) is 2. The summed E-state index contributed by atoms with van der Waals surface area (Å²) < 4.78 is 4.96. The molecule has 2 amide bonds. The Balaban J connectivity index is 2.44. The highest BCUT2D eigenvalue weighted by Crippen LogP contribution is 2.16. The van der Waals surface area contributed by atoms with E-state index in [-0.39, 0.29) is 36.8 Å². The fourth-order valence-corrected chi connectivity index (χ4v) is 1.91. The lowest BCUT2D eigenvalue weighted by Crippen LogP contribution is -2.42. The van der Waals surface area contributed by atoms with Crippen LogP contribution in [0.1, 0.15) is 12.8 Å². The van der Waals surface area contributed by atoms with E-state index in [1.807, 2.05) is 0 Å². The van der Waals surface area contributed by atoms with Crippen molar-refractivity contribution in [3.63, 3.8) is 0 Å². The Morgan fingerprint density at radius 1 is 1.71 bits per heavy atom. The first-order valence-electron chi connectivity index (χ1n) is 5.72. The molecule has 0 bridgehead atoms. The summed E-state index contributed by atoms with van der Waals surface area (Å²) in [6, 6.07) is -0.196. The molecule has 98 valence electrons. The van der Waals surface area contributed by atoms with Crippen LogP contribution < -0.4 is 5.32 Å². The Kier molecular flexibility index (Phi) is 5.37. The number of nitrogens with zero attached hydrogens (tertiary/aromatic N) is 1. The number of ether oxygens (including phenoxy) is 1. The van der Waals surface area contributed by atoms with Crippen molar-refractivity contribution in [2.45, 2.75) is 18.9 Å². The van der Waals surface area contributed by atoms with Crippen molar-refractivity contribution < 1.29 is 19.4 Å². The lowest BCUT2D eigenvalue weighted by molar-refractivity contribution is -0.128. The van der Waals surface area contributed by atoms with Gasteiger partial charge in [0.25, 0.3) is 0 Å². The van der Waals surface area contributed by atoms with Gasteiger partial charge in [-0.05, 0) is 6.42 Å². The zero-order valence-electron chi connectivity index (χ0n) is 10.3. The number of rotatable bonds is 6. The summed E-state index contributed by atoms with van der Waals surface area (Å²) in [5.41, 5.74) is 0. The van der Waals surface area contributed by atoms with E-state index in [1.165, 1.54) is 0 Å². The van der Waals surface area contributed by atoms with E-state index in [9.17, 15) is 9.59 Å². The molecule has 0 saturated carbocycles. The molecule has 0 radical (unpaired) electrons. The van der Waals surface area contributed by atoms with Crippen molar-refractivity contribution in [1.29, 1.82) is 0 Å². The summed E-state index contributed by atoms with van der Waals surface area (Å²) in [7, 11) is 3.24. The normalized spacial score (nSPS) is 21.7. The number of amides is 2. The maximum Gasteiger partial charge on any atom is 0.225 e. The van der Waals surface area contributed by atoms with Gasteiger partial charge in [-0.2, -0.15) is 0 Å². The first-order chi connectivity index (χ1) is 8.08. The largest absolute Gasteiger partial charge is 0.396 e. The number of nitrogens with one attached hydrogen (secondary N) is 1. The second-order valence-electron chi connectivity index (χ2n) is 4.35. The number of hydrogen-bond acceptors (Lipinski definition) is 4. The molecule has 0 spiro atoms. The first kappa shape index (κ1) is 13.9. The molecule has 1 saturated heterocycles. The Morgan fingerprint density at radius 3 is 2.88 bits per heavy atom. The van der Waals surface area contributed by atoms with Crippen LogP contribution in [0.15, 0.2) is 0 Å². The molecule has 2 N–H and O–H groups in total. The molecule has 1 aliphatic rings. The number of carbonyl (C=O) groups excluding carboxylic acids is 2. The summed E-state index contributed by atoms with van der Waals surface area (Å²) >= 11 is 0. The van der Waals surface area contributed by atoms with Gasteiger partial charge in [0, 0.05) is 33.7 Å². The molecule has 2 atom stereocenters. The van der Waals surface area contributed by atoms with E-state index >= 15 is 0 Å². The van der Waals surface area contributed by atoms with Gasteiger partial charge < -0.3 is 20.1 Å². The average molecular weight is 244 g/mol. The van der Waals surface area contributed by atoms with Crippen molar-refractivity contribution >= 4 is 11.8 Å². The number of methoxy groups -OCH3 is 1. The summed E-state index contributed by atoms with van der Waals surface area (Å²) in [5, 5.41) is 11.7. The SMILES string of the molecule is COCC(CCO)NC(=O)C1CC(=O)N(C)C1. The molecule has 1 heterocycles. The molecule has 17 heavy (non-hydrogen) atoms. The molecule has 0 aromatic rings. The van der Waals surface area contributed by atoms with Crippen LogP contribution in [0.3, 0.4) is 0 Å². The second-order valence-corrected chi connectivity index (χ2v) is 4.35. The number of aliphatic hydroxyl groups is 1. The van der Waals surface area contributed by atoms with E-state index in [2.05, 4.69) is 5.32 Å². The van der Waals surface area contributed by atoms with Gasteiger partial charge in [0.15, 0.2) is 0 Å². The number of likely N-dealkylation sites (tertiary alicyclic amines) is 1. The Bertz CT molecular complexity index is 277. The second kappa shape index (κ2) is 6.56. The van der Waals surface area contributed by atoms with Gasteiger partial charge in [0.05, 0.1) is 18.6 Å². The van der Waals surface area contributed by atoms with Crippen LogP contribution >= 0.6 is 0 Å². The van der Waals surface area contributed by atoms with Crippen LogP contribution in [0.5, 0.6) is 0 Å². The Morgan fingerprint density at radius 2 is 2.41 bits per heavy atom. The predicted octanol–water partition coefficient (Wildman–Crippen LogP) is -1.02. The molecule has 6 heteroatoms. The third-order valence-electron chi connectivity index (χ3n) is 2.90. The topological polar surface area (TPSA) is 78.9 Å². The maximum absolute atomic E-state index is 11.9. The minimum atomic E-state index is -0.287. The third kappa shape index (κ3) is 3.98. The molecule has 1 aliphatic heterocycles. The highest BCUT2D eigenvalue weighted by molar-refractivity contribution is 5.89. The fraction of sp³-hybridized carbons (Fsp3) is 0.818. The van der Waals surface area contributed by atoms with Gasteiger partial charge in [-0.15, -0.1) is 0 Å². The van der Waals surface area contributed by atoms with E-state index in [0.717, 1.165) is 0 Å². The quantitative estimate of drug-likeness (QED) is 0.627. The number of aliphatic hydroxyl groups excluding tert-OH is 1. The van der Waals surface area contributed by atoms with Gasteiger partial charge in [-0.1, -0.05) is 0 Å². The average Bonchev–Trinajstić information content (AvgIpc) is 2.60. The van der Waals surface area contributed by atoms with Gasteiger partial charge in [0.2, 0.25) is 11.8 Å². The van der Waals surface area contributed by atoms with Gasteiger partial charge in [-0.3, -0.25) is 9.59 Å². The van der Waals surface area contributed by atoms with Crippen LogP contribution in [0.4, 0.5) is 0 Å². The third-order valence-corrected chi connectivity index (χ3v) is 2.90. The molecule has 6 nitrogen and oxygen atoms in total. The summed E-state index contributed by atoms with van der Waals surface area (Å²) in [5.74, 6) is -0.431. The molecule has 0 aliphatic carbocycles. The van der Waals surface area contributed by atoms with Crippen LogP contribution in [-0.2, 0) is 14.3 Å². The zero-order chi connectivity index (χ0) is 12.8. The van der Waals surface area contributed by atoms with Gasteiger partial charge in [0.1, 0.15) is 0 Å². The van der Waals surface area contributed by atoms with Crippen LogP contribution in [0.2, 0.25) is 0 Å². The van der Waals surface area contributed by atoms with Crippen LogP contribution in [-0.4, -0.2) is 61.8 Å². The fourth-order valence-electron chi connectivity index (χ4n) is 1.91. The molecule has 0 aromatic heterocycles. The van der Waals surface area contributed by atoms with Crippen molar-refractivity contribution in [3.8, 4) is 0 Å². The summed E-state index contributed by atoms with van der Waals surface area (Å²) in [6.45, 7) is 0.824. The lowest BCUT2D eigenvalue weighted by Gasteiger charge is -2.19. The molecule has 0 aromatic carbocycles. The molecule has 2 unspecified atom stereocenters. The van der Waals surface area contributed by atoms with E-state index in [4.69, 9.17) is 9.84 Å². The smallest absolute Gasteiger partial charge is 0.225 e.